The van der Waals surface area contributed by atoms with Crippen molar-refractivity contribution in [1.82, 2.24) is 5.43 Å². The second-order valence-electron chi connectivity index (χ2n) is 8.48. The zero-order valence-electron chi connectivity index (χ0n) is 21.0. The van der Waals surface area contributed by atoms with E-state index in [1.54, 1.807) is 54.6 Å². The van der Waals surface area contributed by atoms with E-state index < -0.39 is 16.8 Å². The van der Waals surface area contributed by atoms with Crippen LogP contribution in [0.25, 0.3) is 0 Å². The number of non-ortho nitro benzene ring substituents is 1. The summed E-state index contributed by atoms with van der Waals surface area (Å²) >= 11 is 5.84. The van der Waals surface area contributed by atoms with Gasteiger partial charge in [0.2, 0.25) is 0 Å². The molecule has 0 saturated carbocycles. The third kappa shape index (κ3) is 7.15. The number of ether oxygens (including phenoxy) is 1. The number of nitro groups is 1. The number of nitrogens with zero attached hydrogens (tertiary/aromatic N) is 2. The van der Waals surface area contributed by atoms with Gasteiger partial charge in [-0.15, -0.1) is 0 Å². The number of aryl methyl sites for hydroxylation is 1. The van der Waals surface area contributed by atoms with E-state index in [0.29, 0.717) is 21.8 Å². The molecule has 0 aliphatic rings. The monoisotopic (exact) mass is 556 g/mol. The van der Waals surface area contributed by atoms with Crippen molar-refractivity contribution in [3.63, 3.8) is 0 Å². The highest BCUT2D eigenvalue weighted by Crippen LogP contribution is 2.24. The van der Waals surface area contributed by atoms with Crippen LogP contribution in [0.4, 0.5) is 11.4 Å². The van der Waals surface area contributed by atoms with E-state index >= 15 is 0 Å². The lowest BCUT2D eigenvalue weighted by Gasteiger charge is -2.08. The summed E-state index contributed by atoms with van der Waals surface area (Å²) in [7, 11) is 0. The van der Waals surface area contributed by atoms with Gasteiger partial charge in [-0.1, -0.05) is 29.3 Å². The number of hydrogen-bond acceptors (Lipinski definition) is 7. The molecule has 2 N–H and O–H groups in total. The summed E-state index contributed by atoms with van der Waals surface area (Å²) < 4.78 is 5.44. The highest BCUT2D eigenvalue weighted by molar-refractivity contribution is 6.30. The van der Waals surface area contributed by atoms with Gasteiger partial charge in [-0.2, -0.15) is 5.10 Å². The minimum Gasteiger partial charge on any atom is -0.422 e. The highest BCUT2D eigenvalue weighted by Gasteiger charge is 2.15. The van der Waals surface area contributed by atoms with Crippen molar-refractivity contribution >= 4 is 47.0 Å². The summed E-state index contributed by atoms with van der Waals surface area (Å²) in [6.45, 7) is 1.83. The number of nitrogens with one attached hydrogen (secondary N) is 2. The van der Waals surface area contributed by atoms with Crippen LogP contribution in [0.5, 0.6) is 5.75 Å². The van der Waals surface area contributed by atoms with Crippen molar-refractivity contribution in [2.45, 2.75) is 6.92 Å². The van der Waals surface area contributed by atoms with Crippen LogP contribution < -0.4 is 15.5 Å². The Balaban J connectivity index is 1.43. The minimum atomic E-state index is -0.653. The Labute approximate surface area is 233 Å². The second-order valence-corrected chi connectivity index (χ2v) is 8.91. The standard InChI is InChI=1S/C29H21ClN4O6/c1-18-3-2-4-21(15-18)29(37)40-26-14-13-25(34(38)39)16-22(26)17-31-33-28(36)20-7-11-24(12-8-20)32-27(35)19-5-9-23(30)10-6-19/h2-17H,1H3,(H,32,35)(H,33,36)/b31-17+. The van der Waals surface area contributed by atoms with E-state index in [1.807, 2.05) is 13.0 Å². The molecule has 4 aromatic rings. The molecule has 200 valence electrons. The predicted molar refractivity (Wildman–Crippen MR) is 150 cm³/mol. The summed E-state index contributed by atoms with van der Waals surface area (Å²) in [5.74, 6) is -1.54. The molecule has 4 aromatic carbocycles. The molecule has 0 fully saturated rings. The van der Waals surface area contributed by atoms with Gasteiger partial charge in [0.25, 0.3) is 17.5 Å². The van der Waals surface area contributed by atoms with Gasteiger partial charge in [-0.05, 0) is 73.7 Å². The lowest BCUT2D eigenvalue weighted by atomic mass is 10.1. The van der Waals surface area contributed by atoms with Crippen molar-refractivity contribution in [3.8, 4) is 5.75 Å². The molecule has 0 aliphatic heterocycles. The van der Waals surface area contributed by atoms with E-state index in [0.717, 1.165) is 11.8 Å². The Morgan fingerprint density at radius 1 is 0.875 bits per heavy atom. The number of halogens is 1. The number of benzene rings is 4. The molecule has 0 radical (unpaired) electrons. The summed E-state index contributed by atoms with van der Waals surface area (Å²) in [5, 5.41) is 18.4. The topological polar surface area (TPSA) is 140 Å². The highest BCUT2D eigenvalue weighted by atomic mass is 35.5. The van der Waals surface area contributed by atoms with E-state index in [1.165, 1.54) is 30.3 Å². The third-order valence-corrected chi connectivity index (χ3v) is 5.79. The fourth-order valence-electron chi connectivity index (χ4n) is 3.51. The molecule has 10 nitrogen and oxygen atoms in total. The van der Waals surface area contributed by atoms with Crippen molar-refractivity contribution in [1.29, 1.82) is 0 Å². The van der Waals surface area contributed by atoms with Gasteiger partial charge in [-0.25, -0.2) is 10.2 Å². The van der Waals surface area contributed by atoms with Gasteiger partial charge in [0.1, 0.15) is 5.75 Å². The van der Waals surface area contributed by atoms with Gasteiger partial charge in [0.05, 0.1) is 16.7 Å². The van der Waals surface area contributed by atoms with Crippen molar-refractivity contribution in [2.75, 3.05) is 5.32 Å². The summed E-state index contributed by atoms with van der Waals surface area (Å²) in [6.07, 6.45) is 1.14. The number of nitro benzene ring substituents is 1. The van der Waals surface area contributed by atoms with Crippen LogP contribution in [0.2, 0.25) is 5.02 Å². The number of anilines is 1. The number of amides is 2. The zero-order valence-corrected chi connectivity index (χ0v) is 21.7. The molecule has 0 unspecified atom stereocenters. The number of hydrazone groups is 1. The molecule has 0 bridgehead atoms. The quantitative estimate of drug-likeness (QED) is 0.0925. The smallest absolute Gasteiger partial charge is 0.343 e. The Kier molecular flexibility index (Phi) is 8.62. The maximum absolute atomic E-state index is 12.6. The Morgan fingerprint density at radius 3 is 2.23 bits per heavy atom. The average molecular weight is 557 g/mol. The Bertz CT molecular complexity index is 1620. The van der Waals surface area contributed by atoms with E-state index in [-0.39, 0.29) is 28.5 Å². The van der Waals surface area contributed by atoms with Crippen LogP contribution >= 0.6 is 11.6 Å². The van der Waals surface area contributed by atoms with Crippen molar-refractivity contribution in [2.24, 2.45) is 5.10 Å². The fraction of sp³-hybridized carbons (Fsp3) is 0.0345. The normalized spacial score (nSPS) is 10.7. The largest absolute Gasteiger partial charge is 0.422 e. The van der Waals surface area contributed by atoms with Crippen LogP contribution in [-0.4, -0.2) is 28.9 Å². The molecule has 40 heavy (non-hydrogen) atoms. The average Bonchev–Trinajstić information content (AvgIpc) is 2.94. The summed E-state index contributed by atoms with van der Waals surface area (Å²) in [4.78, 5) is 48.2. The van der Waals surface area contributed by atoms with Crippen LogP contribution in [-0.2, 0) is 0 Å². The second kappa shape index (κ2) is 12.5. The number of esters is 1. The van der Waals surface area contributed by atoms with Gasteiger partial charge in [0, 0.05) is 39.5 Å². The molecule has 0 spiro atoms. The molecular formula is C29H21ClN4O6. The Morgan fingerprint density at radius 2 is 1.55 bits per heavy atom. The molecule has 0 aliphatic carbocycles. The molecule has 11 heteroatoms. The molecule has 0 atom stereocenters. The molecule has 0 aromatic heterocycles. The summed E-state index contributed by atoms with van der Waals surface area (Å²) in [6, 6.07) is 22.9. The van der Waals surface area contributed by atoms with Crippen LogP contribution in [0, 0.1) is 17.0 Å². The van der Waals surface area contributed by atoms with Crippen molar-refractivity contribution in [3.05, 3.63) is 134 Å². The van der Waals surface area contributed by atoms with E-state index in [9.17, 15) is 24.5 Å². The zero-order chi connectivity index (χ0) is 28.6. The first-order valence-corrected chi connectivity index (χ1v) is 12.1. The van der Waals surface area contributed by atoms with Crippen LogP contribution in [0.15, 0.2) is 96.1 Å². The Hall–Kier alpha value is -5.35. The first-order chi connectivity index (χ1) is 19.2. The SMILES string of the molecule is Cc1cccc(C(=O)Oc2ccc([N+](=O)[O-])cc2/C=N/NC(=O)c2ccc(NC(=O)c3ccc(Cl)cc3)cc2)c1. The van der Waals surface area contributed by atoms with Gasteiger partial charge in [-0.3, -0.25) is 19.7 Å². The van der Waals surface area contributed by atoms with Crippen molar-refractivity contribution < 1.29 is 24.0 Å². The van der Waals surface area contributed by atoms with Gasteiger partial charge < -0.3 is 10.1 Å². The predicted octanol–water partition coefficient (Wildman–Crippen LogP) is 5.79. The maximum atomic E-state index is 12.6. The number of hydrogen-bond donors (Lipinski definition) is 2. The molecule has 0 saturated heterocycles. The maximum Gasteiger partial charge on any atom is 0.343 e. The van der Waals surface area contributed by atoms with Gasteiger partial charge >= 0.3 is 5.97 Å². The lowest BCUT2D eigenvalue weighted by molar-refractivity contribution is -0.384. The minimum absolute atomic E-state index is 0.0240. The number of carbonyl (C=O) groups is 3. The first kappa shape index (κ1) is 27.7. The van der Waals surface area contributed by atoms with E-state index in [4.69, 9.17) is 16.3 Å². The van der Waals surface area contributed by atoms with Crippen LogP contribution in [0.1, 0.15) is 42.2 Å². The molecule has 2 amide bonds. The fourth-order valence-corrected chi connectivity index (χ4v) is 3.63. The first-order valence-electron chi connectivity index (χ1n) is 11.8. The third-order valence-electron chi connectivity index (χ3n) is 5.54. The molecular weight excluding hydrogens is 536 g/mol. The molecule has 0 heterocycles. The van der Waals surface area contributed by atoms with E-state index in [2.05, 4.69) is 15.8 Å². The number of carbonyl (C=O) groups excluding carboxylic acids is 3. The van der Waals surface area contributed by atoms with Crippen LogP contribution in [0.3, 0.4) is 0 Å². The van der Waals surface area contributed by atoms with Gasteiger partial charge in [0.15, 0.2) is 0 Å². The lowest BCUT2D eigenvalue weighted by Crippen LogP contribution is -2.18. The summed E-state index contributed by atoms with van der Waals surface area (Å²) in [5.41, 5.74) is 4.49. The number of rotatable bonds is 8. The molecule has 4 rings (SSSR count).